The number of H-pyrrole nitrogens is 2. The number of likely N-dealkylation sites (tertiary alicyclic amines) is 1. The summed E-state index contributed by atoms with van der Waals surface area (Å²) in [5.41, 5.74) is 6.50. The number of rotatable bonds is 4. The molecule has 1 atom stereocenters. The Bertz CT molecular complexity index is 1190. The molecule has 2 aromatic carbocycles. The zero-order valence-corrected chi connectivity index (χ0v) is 17.5. The molecule has 1 aliphatic rings. The molecule has 30 heavy (non-hydrogen) atoms. The first-order chi connectivity index (χ1) is 14.6. The van der Waals surface area contributed by atoms with Crippen molar-refractivity contribution < 1.29 is 4.79 Å². The smallest absolute Gasteiger partial charge is 0.223 e. The third kappa shape index (κ3) is 3.58. The van der Waals surface area contributed by atoms with Crippen molar-refractivity contribution in [3.63, 3.8) is 0 Å². The lowest BCUT2D eigenvalue weighted by molar-refractivity contribution is -0.132. The van der Waals surface area contributed by atoms with Crippen LogP contribution in [0.5, 0.6) is 0 Å². The van der Waals surface area contributed by atoms with Gasteiger partial charge in [0.2, 0.25) is 5.91 Å². The number of piperidine rings is 1. The molecule has 1 fully saturated rings. The molecule has 1 aliphatic heterocycles. The van der Waals surface area contributed by atoms with Crippen molar-refractivity contribution in [1.82, 2.24) is 24.8 Å². The Morgan fingerprint density at radius 1 is 1.13 bits per heavy atom. The van der Waals surface area contributed by atoms with E-state index in [2.05, 4.69) is 35.9 Å². The first-order valence-corrected chi connectivity index (χ1v) is 10.7. The van der Waals surface area contributed by atoms with Crippen LogP contribution in [0.4, 0.5) is 0 Å². The van der Waals surface area contributed by atoms with E-state index in [0.717, 1.165) is 59.6 Å². The third-order valence-electron chi connectivity index (χ3n) is 6.11. The van der Waals surface area contributed by atoms with Gasteiger partial charge < -0.3 is 14.9 Å². The number of carbonyl (C=O) groups excluding carboxylic acids is 1. The molecule has 6 heteroatoms. The summed E-state index contributed by atoms with van der Waals surface area (Å²) < 4.78 is 0. The molecule has 0 bridgehead atoms. The number of imidazole rings is 2. The summed E-state index contributed by atoms with van der Waals surface area (Å²) in [6.07, 6.45) is 3.19. The normalized spacial score (nSPS) is 17.1. The van der Waals surface area contributed by atoms with Crippen LogP contribution in [0, 0.1) is 13.8 Å². The van der Waals surface area contributed by atoms with Crippen molar-refractivity contribution in [2.45, 2.75) is 45.4 Å². The van der Waals surface area contributed by atoms with Gasteiger partial charge in [0.1, 0.15) is 11.6 Å². The average Bonchev–Trinajstić information content (AvgIpc) is 3.36. The fraction of sp³-hybridized carbons (Fsp3) is 0.375. The number of hydrogen-bond acceptors (Lipinski definition) is 3. The lowest BCUT2D eigenvalue weighted by Gasteiger charge is -2.32. The number of aromatic amines is 2. The highest BCUT2D eigenvalue weighted by molar-refractivity contribution is 5.80. The lowest BCUT2D eigenvalue weighted by Crippen LogP contribution is -2.39. The minimum absolute atomic E-state index is 0.198. The number of nitrogens with zero attached hydrogens (tertiary/aromatic N) is 3. The van der Waals surface area contributed by atoms with Gasteiger partial charge in [-0.1, -0.05) is 18.2 Å². The Labute approximate surface area is 175 Å². The lowest BCUT2D eigenvalue weighted by atomic mass is 9.97. The topological polar surface area (TPSA) is 77.7 Å². The van der Waals surface area contributed by atoms with Crippen molar-refractivity contribution in [1.29, 1.82) is 0 Å². The second-order valence-electron chi connectivity index (χ2n) is 8.48. The second-order valence-corrected chi connectivity index (χ2v) is 8.48. The Kier molecular flexibility index (Phi) is 4.77. The number of aromatic nitrogens is 4. The molecule has 154 valence electrons. The first kappa shape index (κ1) is 18.9. The van der Waals surface area contributed by atoms with Gasteiger partial charge in [0.15, 0.2) is 0 Å². The van der Waals surface area contributed by atoms with Crippen molar-refractivity contribution in [2.24, 2.45) is 0 Å². The third-order valence-corrected chi connectivity index (χ3v) is 6.11. The van der Waals surface area contributed by atoms with Gasteiger partial charge in [-0.2, -0.15) is 0 Å². The maximum atomic E-state index is 12.9. The number of fused-ring (bicyclic) bond motifs is 2. The first-order valence-electron chi connectivity index (χ1n) is 10.7. The van der Waals surface area contributed by atoms with E-state index in [0.29, 0.717) is 12.8 Å². The zero-order valence-electron chi connectivity index (χ0n) is 17.5. The predicted molar refractivity (Wildman–Crippen MR) is 119 cm³/mol. The van der Waals surface area contributed by atoms with Gasteiger partial charge >= 0.3 is 0 Å². The maximum absolute atomic E-state index is 12.9. The van der Waals surface area contributed by atoms with Crippen molar-refractivity contribution >= 4 is 28.0 Å². The minimum Gasteiger partial charge on any atom is -0.342 e. The zero-order chi connectivity index (χ0) is 20.7. The van der Waals surface area contributed by atoms with E-state index in [-0.39, 0.29) is 11.8 Å². The number of carbonyl (C=O) groups is 1. The minimum atomic E-state index is 0.198. The molecule has 2 aromatic heterocycles. The van der Waals surface area contributed by atoms with Crippen LogP contribution in [-0.2, 0) is 11.2 Å². The summed E-state index contributed by atoms with van der Waals surface area (Å²) in [6, 6.07) is 12.4. The molecule has 4 aromatic rings. The Morgan fingerprint density at radius 3 is 2.87 bits per heavy atom. The number of aryl methyl sites for hydroxylation is 3. The second kappa shape index (κ2) is 7.59. The Hall–Kier alpha value is -3.15. The monoisotopic (exact) mass is 401 g/mol. The molecule has 2 N–H and O–H groups in total. The van der Waals surface area contributed by atoms with Gasteiger partial charge in [0, 0.05) is 31.8 Å². The number of amides is 1. The van der Waals surface area contributed by atoms with E-state index < -0.39 is 0 Å². The van der Waals surface area contributed by atoms with Crippen LogP contribution in [-0.4, -0.2) is 43.8 Å². The van der Waals surface area contributed by atoms with E-state index >= 15 is 0 Å². The van der Waals surface area contributed by atoms with Crippen LogP contribution in [0.3, 0.4) is 0 Å². The molecule has 0 radical (unpaired) electrons. The van der Waals surface area contributed by atoms with Crippen LogP contribution in [0.15, 0.2) is 36.4 Å². The summed E-state index contributed by atoms with van der Waals surface area (Å²) in [4.78, 5) is 31.2. The molecule has 1 amide bonds. The molecule has 0 unspecified atom stereocenters. The van der Waals surface area contributed by atoms with Crippen molar-refractivity contribution in [3.8, 4) is 0 Å². The molecule has 0 aliphatic carbocycles. The van der Waals surface area contributed by atoms with Crippen LogP contribution in [0.1, 0.15) is 48.0 Å². The average molecular weight is 402 g/mol. The summed E-state index contributed by atoms with van der Waals surface area (Å²) >= 11 is 0. The summed E-state index contributed by atoms with van der Waals surface area (Å²) in [5.74, 6) is 2.35. The van der Waals surface area contributed by atoms with Gasteiger partial charge in [0.25, 0.3) is 0 Å². The maximum Gasteiger partial charge on any atom is 0.223 e. The largest absolute Gasteiger partial charge is 0.342 e. The SMILES string of the molecule is Cc1cc(C)c2nc(CCC(=O)N3CCC[C@H](c4nc5ccccc5[nH]4)C3)[nH]c2c1. The summed E-state index contributed by atoms with van der Waals surface area (Å²) in [7, 11) is 0. The standard InChI is InChI=1S/C24H27N5O/c1-15-12-16(2)23-20(13-15)25-21(28-23)9-10-22(30)29-11-5-6-17(14-29)24-26-18-7-3-4-8-19(18)27-24/h3-4,7-8,12-13,17H,5-6,9-11,14H2,1-2H3,(H,25,28)(H,26,27)/t17-/m0/s1. The van der Waals surface area contributed by atoms with Gasteiger partial charge in [-0.15, -0.1) is 0 Å². The van der Waals surface area contributed by atoms with E-state index in [9.17, 15) is 4.79 Å². The fourth-order valence-corrected chi connectivity index (χ4v) is 4.62. The van der Waals surface area contributed by atoms with E-state index in [1.54, 1.807) is 0 Å². The van der Waals surface area contributed by atoms with Gasteiger partial charge in [0.05, 0.1) is 22.1 Å². The van der Waals surface area contributed by atoms with Crippen LogP contribution in [0.2, 0.25) is 0 Å². The van der Waals surface area contributed by atoms with E-state index in [4.69, 9.17) is 9.97 Å². The van der Waals surface area contributed by atoms with Gasteiger partial charge in [-0.3, -0.25) is 4.79 Å². The quantitative estimate of drug-likeness (QED) is 0.532. The molecule has 0 spiro atoms. The van der Waals surface area contributed by atoms with Crippen LogP contribution in [0.25, 0.3) is 22.1 Å². The number of hydrogen-bond donors (Lipinski definition) is 2. The van der Waals surface area contributed by atoms with E-state index in [1.165, 1.54) is 11.1 Å². The van der Waals surface area contributed by atoms with Gasteiger partial charge in [-0.25, -0.2) is 9.97 Å². The highest BCUT2D eigenvalue weighted by atomic mass is 16.2. The highest BCUT2D eigenvalue weighted by Gasteiger charge is 2.26. The van der Waals surface area contributed by atoms with Crippen molar-refractivity contribution in [2.75, 3.05) is 13.1 Å². The molecule has 0 saturated carbocycles. The molecule has 3 heterocycles. The Morgan fingerprint density at radius 2 is 2.00 bits per heavy atom. The van der Waals surface area contributed by atoms with Crippen LogP contribution < -0.4 is 0 Å². The number of benzene rings is 2. The molecular weight excluding hydrogens is 374 g/mol. The molecule has 5 rings (SSSR count). The van der Waals surface area contributed by atoms with Gasteiger partial charge in [-0.05, 0) is 56.0 Å². The fourth-order valence-electron chi connectivity index (χ4n) is 4.62. The summed E-state index contributed by atoms with van der Waals surface area (Å²) in [5, 5.41) is 0. The van der Waals surface area contributed by atoms with Crippen LogP contribution >= 0.6 is 0 Å². The predicted octanol–water partition coefficient (Wildman–Crippen LogP) is 4.39. The highest BCUT2D eigenvalue weighted by Crippen LogP contribution is 2.27. The molecule has 6 nitrogen and oxygen atoms in total. The summed E-state index contributed by atoms with van der Waals surface area (Å²) in [6.45, 7) is 5.73. The number of nitrogens with one attached hydrogen (secondary N) is 2. The van der Waals surface area contributed by atoms with E-state index in [1.807, 2.05) is 29.2 Å². The molecular formula is C24H27N5O. The Balaban J connectivity index is 1.25. The number of para-hydroxylation sites is 2. The molecule has 1 saturated heterocycles. The van der Waals surface area contributed by atoms with Crippen molar-refractivity contribution in [3.05, 3.63) is 59.2 Å².